The van der Waals surface area contributed by atoms with Gasteiger partial charge in [-0.1, -0.05) is 61.5 Å². The number of benzene rings is 2. The molecule has 0 fully saturated rings. The second-order valence-electron chi connectivity index (χ2n) is 7.97. The highest BCUT2D eigenvalue weighted by Crippen LogP contribution is 2.32. The molecule has 0 aliphatic carbocycles. The minimum atomic E-state index is -4.48. The summed E-state index contributed by atoms with van der Waals surface area (Å²) in [5.74, 6) is 0.681. The third-order valence-corrected chi connectivity index (χ3v) is 6.18. The van der Waals surface area contributed by atoms with Gasteiger partial charge in [0.2, 0.25) is 5.89 Å². The first-order valence-corrected chi connectivity index (χ1v) is 12.3. The van der Waals surface area contributed by atoms with Crippen molar-refractivity contribution in [2.75, 3.05) is 6.54 Å². The first-order chi connectivity index (χ1) is 17.3. The third-order valence-electron chi connectivity index (χ3n) is 5.26. The van der Waals surface area contributed by atoms with Crippen LogP contribution >= 0.6 is 11.8 Å². The predicted molar refractivity (Wildman–Crippen MR) is 129 cm³/mol. The lowest BCUT2D eigenvalue weighted by atomic mass is 10.1. The summed E-state index contributed by atoms with van der Waals surface area (Å²) < 4.78 is 47.2. The van der Waals surface area contributed by atoms with Gasteiger partial charge in [0.15, 0.2) is 10.9 Å². The van der Waals surface area contributed by atoms with E-state index in [-0.39, 0.29) is 17.4 Å². The van der Waals surface area contributed by atoms with Crippen LogP contribution in [0.25, 0.3) is 5.69 Å². The van der Waals surface area contributed by atoms with Crippen LogP contribution < -0.4 is 5.32 Å². The Hall–Kier alpha value is -3.60. The van der Waals surface area contributed by atoms with Crippen molar-refractivity contribution in [3.05, 3.63) is 89.4 Å². The molecule has 7 nitrogen and oxygen atoms in total. The number of hydrogen-bond acceptors (Lipinski definition) is 6. The molecular weight excluding hydrogens is 491 g/mol. The highest BCUT2D eigenvalue weighted by Gasteiger charge is 2.31. The Morgan fingerprint density at radius 1 is 1.11 bits per heavy atom. The molecule has 1 N–H and O–H groups in total. The standard InChI is InChI=1S/C25H24F3N5O2S/c1-2-3-12-29-23(34)20-15-35-22(30-20)16-36-24-32-31-21(13-17-8-5-4-6-9-17)33(24)19-11-7-10-18(14-19)25(26,27)28/h4-11,14-15H,2-3,12-13,16H2,1H3,(H,29,34). The molecule has 4 rings (SSSR count). The number of hydrogen-bond donors (Lipinski definition) is 1. The smallest absolute Gasteiger partial charge is 0.416 e. The van der Waals surface area contributed by atoms with Gasteiger partial charge < -0.3 is 9.73 Å². The Bertz CT molecular complexity index is 1300. The van der Waals surface area contributed by atoms with E-state index in [0.29, 0.717) is 35.5 Å². The van der Waals surface area contributed by atoms with Gasteiger partial charge in [-0.05, 0) is 30.2 Å². The molecule has 4 aromatic rings. The summed E-state index contributed by atoms with van der Waals surface area (Å²) >= 11 is 1.21. The summed E-state index contributed by atoms with van der Waals surface area (Å²) in [6.45, 7) is 2.58. The van der Waals surface area contributed by atoms with Crippen molar-refractivity contribution >= 4 is 17.7 Å². The molecular formula is C25H24F3N5O2S. The Morgan fingerprint density at radius 2 is 1.92 bits per heavy atom. The number of unbranched alkanes of at least 4 members (excludes halogenated alkanes) is 1. The van der Waals surface area contributed by atoms with Crippen LogP contribution in [0.5, 0.6) is 0 Å². The predicted octanol–water partition coefficient (Wildman–Crippen LogP) is 5.69. The highest BCUT2D eigenvalue weighted by molar-refractivity contribution is 7.98. The molecule has 0 saturated carbocycles. The number of amides is 1. The topological polar surface area (TPSA) is 85.8 Å². The molecule has 0 spiro atoms. The van der Waals surface area contributed by atoms with Gasteiger partial charge in [0.05, 0.1) is 17.0 Å². The molecule has 0 aliphatic heterocycles. The molecule has 0 bridgehead atoms. The van der Waals surface area contributed by atoms with E-state index in [2.05, 4.69) is 20.5 Å². The van der Waals surface area contributed by atoms with Crippen LogP contribution in [0.2, 0.25) is 0 Å². The van der Waals surface area contributed by atoms with E-state index in [1.807, 2.05) is 37.3 Å². The largest absolute Gasteiger partial charge is 0.447 e. The summed E-state index contributed by atoms with van der Waals surface area (Å²) in [5.41, 5.74) is 0.653. The van der Waals surface area contributed by atoms with Crippen molar-refractivity contribution in [2.24, 2.45) is 0 Å². The molecule has 2 aromatic heterocycles. The van der Waals surface area contributed by atoms with Gasteiger partial charge in [-0.15, -0.1) is 10.2 Å². The summed E-state index contributed by atoms with van der Waals surface area (Å²) in [6.07, 6.45) is -0.993. The number of halogens is 3. The lowest BCUT2D eigenvalue weighted by Crippen LogP contribution is -2.24. The molecule has 2 aromatic carbocycles. The van der Waals surface area contributed by atoms with Gasteiger partial charge in [-0.25, -0.2) is 4.98 Å². The number of nitrogens with one attached hydrogen (secondary N) is 1. The minimum absolute atomic E-state index is 0.172. The molecule has 1 amide bonds. The molecule has 0 unspecified atom stereocenters. The van der Waals surface area contributed by atoms with Crippen molar-refractivity contribution in [3.63, 3.8) is 0 Å². The van der Waals surface area contributed by atoms with Crippen molar-refractivity contribution in [1.82, 2.24) is 25.1 Å². The van der Waals surface area contributed by atoms with Crippen molar-refractivity contribution in [1.29, 1.82) is 0 Å². The van der Waals surface area contributed by atoms with E-state index in [1.54, 1.807) is 10.6 Å². The number of alkyl halides is 3. The van der Waals surface area contributed by atoms with Crippen molar-refractivity contribution in [2.45, 2.75) is 43.3 Å². The molecule has 2 heterocycles. The number of oxazole rings is 1. The SMILES string of the molecule is CCCCNC(=O)c1coc(CSc2nnc(Cc3ccccc3)n2-c2cccc(C(F)(F)F)c2)n1. The first-order valence-electron chi connectivity index (χ1n) is 11.4. The maximum atomic E-state index is 13.4. The lowest BCUT2D eigenvalue weighted by Gasteiger charge is -2.13. The number of rotatable bonds is 10. The summed E-state index contributed by atoms with van der Waals surface area (Å²) in [6, 6.07) is 14.5. The zero-order chi connectivity index (χ0) is 25.5. The quantitative estimate of drug-likeness (QED) is 0.216. The number of thioether (sulfide) groups is 1. The van der Waals surface area contributed by atoms with Crippen LogP contribution in [-0.2, 0) is 18.3 Å². The second kappa shape index (κ2) is 11.4. The van der Waals surface area contributed by atoms with Crippen LogP contribution in [0.15, 0.2) is 70.4 Å². The van der Waals surface area contributed by atoms with Crippen LogP contribution in [0.4, 0.5) is 13.2 Å². The van der Waals surface area contributed by atoms with E-state index in [4.69, 9.17) is 4.42 Å². The number of nitrogens with zero attached hydrogens (tertiary/aromatic N) is 4. The van der Waals surface area contributed by atoms with Crippen LogP contribution in [0.3, 0.4) is 0 Å². The fraction of sp³-hybridized carbons (Fsp3) is 0.280. The fourth-order valence-electron chi connectivity index (χ4n) is 3.44. The maximum Gasteiger partial charge on any atom is 0.416 e. The van der Waals surface area contributed by atoms with Gasteiger partial charge in [0.1, 0.15) is 12.1 Å². The Balaban J connectivity index is 1.58. The van der Waals surface area contributed by atoms with Crippen LogP contribution in [-0.4, -0.2) is 32.2 Å². The molecule has 0 atom stereocenters. The molecule has 0 radical (unpaired) electrons. The fourth-order valence-corrected chi connectivity index (χ4v) is 4.27. The van der Waals surface area contributed by atoms with Crippen LogP contribution in [0, 0.1) is 0 Å². The Labute approximate surface area is 210 Å². The molecule has 188 valence electrons. The molecule has 11 heteroatoms. The number of aromatic nitrogens is 4. The number of carbonyl (C=O) groups excluding carboxylic acids is 1. The first kappa shape index (κ1) is 25.5. The Morgan fingerprint density at radius 3 is 2.67 bits per heavy atom. The third kappa shape index (κ3) is 6.34. The van der Waals surface area contributed by atoms with E-state index >= 15 is 0 Å². The van der Waals surface area contributed by atoms with Gasteiger partial charge in [0.25, 0.3) is 5.91 Å². The van der Waals surface area contributed by atoms with E-state index in [9.17, 15) is 18.0 Å². The zero-order valence-electron chi connectivity index (χ0n) is 19.5. The zero-order valence-corrected chi connectivity index (χ0v) is 20.3. The average molecular weight is 516 g/mol. The summed E-state index contributed by atoms with van der Waals surface area (Å²) in [5, 5.41) is 11.7. The van der Waals surface area contributed by atoms with Crippen molar-refractivity contribution < 1.29 is 22.4 Å². The summed E-state index contributed by atoms with van der Waals surface area (Å²) in [7, 11) is 0. The number of carbonyl (C=O) groups is 1. The van der Waals surface area contributed by atoms with E-state index in [1.165, 1.54) is 24.1 Å². The molecule has 36 heavy (non-hydrogen) atoms. The lowest BCUT2D eigenvalue weighted by molar-refractivity contribution is -0.137. The second-order valence-corrected chi connectivity index (χ2v) is 8.91. The maximum absolute atomic E-state index is 13.4. The van der Waals surface area contributed by atoms with Crippen molar-refractivity contribution in [3.8, 4) is 5.69 Å². The van der Waals surface area contributed by atoms with Crippen LogP contribution in [0.1, 0.15) is 53.1 Å². The van der Waals surface area contributed by atoms with E-state index in [0.717, 1.165) is 30.5 Å². The van der Waals surface area contributed by atoms with Gasteiger partial charge in [0, 0.05) is 13.0 Å². The Kier molecular flexibility index (Phi) is 8.09. The highest BCUT2D eigenvalue weighted by atomic mass is 32.2. The molecule has 0 saturated heterocycles. The normalized spacial score (nSPS) is 11.6. The average Bonchev–Trinajstić information content (AvgIpc) is 3.50. The molecule has 0 aliphatic rings. The summed E-state index contributed by atoms with van der Waals surface area (Å²) in [4.78, 5) is 16.4. The van der Waals surface area contributed by atoms with Gasteiger partial charge >= 0.3 is 6.18 Å². The minimum Gasteiger partial charge on any atom is -0.447 e. The van der Waals surface area contributed by atoms with Gasteiger partial charge in [-0.3, -0.25) is 9.36 Å². The monoisotopic (exact) mass is 515 g/mol. The van der Waals surface area contributed by atoms with E-state index < -0.39 is 11.7 Å². The van der Waals surface area contributed by atoms with Gasteiger partial charge in [-0.2, -0.15) is 13.2 Å².